The monoisotopic (exact) mass is 184 g/mol. The van der Waals surface area contributed by atoms with Gasteiger partial charge in [-0.05, 0) is 19.1 Å². The van der Waals surface area contributed by atoms with E-state index in [2.05, 4.69) is 6.58 Å². The molecule has 0 bridgehead atoms. The first kappa shape index (κ1) is 8.74. The van der Waals surface area contributed by atoms with E-state index in [1.807, 2.05) is 0 Å². The Morgan fingerprint density at radius 3 is 3.00 bits per heavy atom. The van der Waals surface area contributed by atoms with E-state index >= 15 is 0 Å². The largest absolute Gasteiger partial charge is 0.464 e. The molecule has 4 heteroatoms. The third kappa shape index (κ3) is 1.37. The molecule has 0 aromatic carbocycles. The number of rotatable bonds is 2. The molecule has 0 radical (unpaired) electrons. The minimum Gasteiger partial charge on any atom is -0.464 e. The van der Waals surface area contributed by atoms with Crippen LogP contribution in [-0.4, -0.2) is 29.9 Å². The van der Waals surface area contributed by atoms with Crippen molar-refractivity contribution in [3.8, 4) is 0 Å². The summed E-state index contributed by atoms with van der Waals surface area (Å²) in [7, 11) is 0. The van der Waals surface area contributed by atoms with E-state index < -0.39 is 12.1 Å². The molecule has 0 amide bonds. The first-order chi connectivity index (χ1) is 6.17. The Hall–Kier alpha value is -0.840. The summed E-state index contributed by atoms with van der Waals surface area (Å²) in [6.45, 7) is 5.26. The highest BCUT2D eigenvalue weighted by molar-refractivity contribution is 5.10. The molecule has 13 heavy (non-hydrogen) atoms. The highest BCUT2D eigenvalue weighted by Crippen LogP contribution is 2.35. The van der Waals surface area contributed by atoms with Crippen molar-refractivity contribution in [2.45, 2.75) is 25.1 Å². The van der Waals surface area contributed by atoms with Crippen LogP contribution < -0.4 is 0 Å². The van der Waals surface area contributed by atoms with E-state index in [1.54, 1.807) is 19.1 Å². The zero-order valence-electron chi connectivity index (χ0n) is 7.40. The maximum atomic E-state index is 8.78. The molecule has 1 saturated heterocycles. The van der Waals surface area contributed by atoms with Gasteiger partial charge in [-0.1, -0.05) is 6.58 Å². The van der Waals surface area contributed by atoms with Gasteiger partial charge in [0.25, 0.3) is 0 Å². The second kappa shape index (κ2) is 2.83. The summed E-state index contributed by atoms with van der Waals surface area (Å²) >= 11 is 0. The predicted molar refractivity (Wildman–Crippen MR) is 44.6 cm³/mol. The van der Waals surface area contributed by atoms with Crippen molar-refractivity contribution in [1.29, 1.82) is 0 Å². The van der Waals surface area contributed by atoms with Gasteiger partial charge in [0.15, 0.2) is 5.79 Å². The summed E-state index contributed by atoms with van der Waals surface area (Å²) in [6, 6.07) is 0. The van der Waals surface area contributed by atoms with Crippen LogP contribution in [0.15, 0.2) is 24.5 Å². The molecule has 0 aromatic heterocycles. The minimum absolute atomic E-state index is 0.121. The number of ether oxygens (including phenoxy) is 3. The molecule has 0 spiro atoms. The highest BCUT2D eigenvalue weighted by atomic mass is 16.8. The van der Waals surface area contributed by atoms with Crippen LogP contribution in [0.2, 0.25) is 0 Å². The first-order valence-corrected chi connectivity index (χ1v) is 4.14. The molecule has 0 aliphatic carbocycles. The Bertz CT molecular complexity index is 260. The lowest BCUT2D eigenvalue weighted by molar-refractivity contribution is -0.164. The summed E-state index contributed by atoms with van der Waals surface area (Å²) in [4.78, 5) is 0. The Morgan fingerprint density at radius 2 is 2.46 bits per heavy atom. The number of fused-ring (bicyclic) bond motifs is 1. The van der Waals surface area contributed by atoms with Crippen molar-refractivity contribution in [1.82, 2.24) is 0 Å². The van der Waals surface area contributed by atoms with E-state index in [4.69, 9.17) is 19.3 Å². The second-order valence-corrected chi connectivity index (χ2v) is 3.20. The van der Waals surface area contributed by atoms with Gasteiger partial charge < -0.3 is 19.3 Å². The first-order valence-electron chi connectivity index (χ1n) is 4.14. The van der Waals surface area contributed by atoms with Crippen molar-refractivity contribution in [2.75, 3.05) is 6.61 Å². The molecule has 0 saturated carbocycles. The summed E-state index contributed by atoms with van der Waals surface area (Å²) in [5.74, 6) is -0.270. The van der Waals surface area contributed by atoms with Crippen LogP contribution in [0.5, 0.6) is 0 Å². The molecule has 1 N–H and O–H groups in total. The molecule has 2 aliphatic rings. The van der Waals surface area contributed by atoms with Crippen molar-refractivity contribution in [2.24, 2.45) is 0 Å². The summed E-state index contributed by atoms with van der Waals surface area (Å²) < 4.78 is 16.2. The van der Waals surface area contributed by atoms with Gasteiger partial charge in [0, 0.05) is 0 Å². The van der Waals surface area contributed by atoms with E-state index in [0.29, 0.717) is 5.76 Å². The molecule has 3 atom stereocenters. The normalized spacial score (nSPS) is 42.5. The van der Waals surface area contributed by atoms with Gasteiger partial charge in [0.2, 0.25) is 6.29 Å². The quantitative estimate of drug-likeness (QED) is 0.636. The fourth-order valence-corrected chi connectivity index (χ4v) is 1.41. The van der Waals surface area contributed by atoms with Gasteiger partial charge in [-0.3, -0.25) is 0 Å². The van der Waals surface area contributed by atoms with Crippen LogP contribution in [0.1, 0.15) is 6.92 Å². The van der Waals surface area contributed by atoms with Gasteiger partial charge in [-0.15, -0.1) is 0 Å². The lowest BCUT2D eigenvalue weighted by Gasteiger charge is -2.18. The number of hydrogen-bond donors (Lipinski definition) is 1. The molecule has 1 fully saturated rings. The molecule has 4 nitrogen and oxygen atoms in total. The molecular formula is C9H12O4. The molecular weight excluding hydrogens is 172 g/mol. The van der Waals surface area contributed by atoms with Crippen LogP contribution >= 0.6 is 0 Å². The van der Waals surface area contributed by atoms with Crippen LogP contribution in [0.25, 0.3) is 0 Å². The average molecular weight is 184 g/mol. The Kier molecular flexibility index (Phi) is 1.91. The molecule has 2 heterocycles. The number of aliphatic hydroxyl groups is 1. The highest BCUT2D eigenvalue weighted by Gasteiger charge is 2.46. The van der Waals surface area contributed by atoms with Crippen LogP contribution in [0.3, 0.4) is 0 Å². The fraction of sp³-hybridized carbons (Fsp3) is 0.556. The van der Waals surface area contributed by atoms with Crippen molar-refractivity contribution in [3.05, 3.63) is 24.5 Å². The SMILES string of the molecule is C=CC1(C)O[C@H]2OC(CO)=C[C@H]2O1. The van der Waals surface area contributed by atoms with Crippen molar-refractivity contribution < 1.29 is 19.3 Å². The second-order valence-electron chi connectivity index (χ2n) is 3.20. The summed E-state index contributed by atoms with van der Waals surface area (Å²) in [5.41, 5.74) is 0. The smallest absolute Gasteiger partial charge is 0.232 e. The topological polar surface area (TPSA) is 47.9 Å². The third-order valence-electron chi connectivity index (χ3n) is 2.13. The van der Waals surface area contributed by atoms with Gasteiger partial charge in [0.05, 0.1) is 0 Å². The lowest BCUT2D eigenvalue weighted by Crippen LogP contribution is -2.24. The third-order valence-corrected chi connectivity index (χ3v) is 2.13. The van der Waals surface area contributed by atoms with E-state index in [-0.39, 0.29) is 12.7 Å². The van der Waals surface area contributed by atoms with Crippen LogP contribution in [-0.2, 0) is 14.2 Å². The minimum atomic E-state index is -0.771. The lowest BCUT2D eigenvalue weighted by atomic mass is 10.3. The van der Waals surface area contributed by atoms with E-state index in [9.17, 15) is 0 Å². The zero-order chi connectivity index (χ0) is 9.47. The number of aliphatic hydroxyl groups excluding tert-OH is 1. The van der Waals surface area contributed by atoms with Crippen molar-refractivity contribution >= 4 is 0 Å². The fourth-order valence-electron chi connectivity index (χ4n) is 1.41. The van der Waals surface area contributed by atoms with Gasteiger partial charge in [-0.2, -0.15) is 0 Å². The summed E-state index contributed by atoms with van der Waals surface area (Å²) in [5, 5.41) is 8.78. The average Bonchev–Trinajstić information content (AvgIpc) is 2.59. The maximum Gasteiger partial charge on any atom is 0.232 e. The summed E-state index contributed by atoms with van der Waals surface area (Å²) in [6.07, 6.45) is 2.64. The van der Waals surface area contributed by atoms with Gasteiger partial charge in [0.1, 0.15) is 18.5 Å². The predicted octanol–water partition coefficient (Wildman–Crippen LogP) is 0.536. The Morgan fingerprint density at radius 1 is 1.69 bits per heavy atom. The van der Waals surface area contributed by atoms with E-state index in [0.717, 1.165) is 0 Å². The van der Waals surface area contributed by atoms with Crippen LogP contribution in [0.4, 0.5) is 0 Å². The standard InChI is InChI=1S/C9H12O4/c1-3-9(2)12-7-4-6(5-10)11-8(7)13-9/h3-4,7-8,10H,1,5H2,2H3/t7-,8-,9?/m1/s1. The molecule has 2 rings (SSSR count). The molecule has 0 aromatic rings. The number of hydrogen-bond acceptors (Lipinski definition) is 4. The Balaban J connectivity index is 2.10. The van der Waals surface area contributed by atoms with Crippen molar-refractivity contribution in [3.63, 3.8) is 0 Å². The molecule has 72 valence electrons. The molecule has 1 unspecified atom stereocenters. The molecule has 2 aliphatic heterocycles. The van der Waals surface area contributed by atoms with E-state index in [1.165, 1.54) is 0 Å². The van der Waals surface area contributed by atoms with Crippen LogP contribution in [0, 0.1) is 0 Å². The maximum absolute atomic E-state index is 8.78. The van der Waals surface area contributed by atoms with Gasteiger partial charge in [-0.25, -0.2) is 0 Å². The van der Waals surface area contributed by atoms with Gasteiger partial charge >= 0.3 is 0 Å². The zero-order valence-corrected chi connectivity index (χ0v) is 7.40. The Labute approximate surface area is 76.4 Å².